The van der Waals surface area contributed by atoms with Crippen molar-refractivity contribution >= 4 is 23.0 Å². The molecule has 0 bridgehead atoms. The summed E-state index contributed by atoms with van der Waals surface area (Å²) in [6, 6.07) is 28.8. The Morgan fingerprint density at radius 2 is 1.35 bits per heavy atom. The van der Waals surface area contributed by atoms with Gasteiger partial charge in [-0.2, -0.15) is 4.98 Å². The second-order valence-electron chi connectivity index (χ2n) is 12.9. The molecule has 7 rings (SSSR count). The minimum atomic E-state index is -3.15. The number of piperazine rings is 1. The number of nitrogens with zero attached hydrogens (tertiary/aromatic N) is 4. The van der Waals surface area contributed by atoms with Gasteiger partial charge in [-0.05, 0) is 53.4 Å². The average molecular weight is 735 g/mol. The van der Waals surface area contributed by atoms with E-state index in [1.54, 1.807) is 28.0 Å². The minimum absolute atomic E-state index is 0.0556. The molecule has 2 saturated heterocycles. The number of halogens is 6. The molecule has 0 N–H and O–H groups in total. The van der Waals surface area contributed by atoms with E-state index in [9.17, 15) is 8.78 Å². The maximum Gasteiger partial charge on any atom is 0.280 e. The summed E-state index contributed by atoms with van der Waals surface area (Å²) in [6.07, 6.45) is 0.101. The smallest absolute Gasteiger partial charge is 0.280 e. The quantitative estimate of drug-likeness (QED) is 0.105. The van der Waals surface area contributed by atoms with Gasteiger partial charge in [0.1, 0.15) is 19.0 Å². The van der Waals surface area contributed by atoms with Gasteiger partial charge < -0.3 is 19.3 Å². The van der Waals surface area contributed by atoms with Crippen LogP contribution in [0.25, 0.3) is 11.1 Å². The topological polar surface area (TPSA) is 41.1 Å². The Morgan fingerprint density at radius 3 is 2.00 bits per heavy atom. The molecule has 4 aromatic carbocycles. The van der Waals surface area contributed by atoms with Gasteiger partial charge in [0.05, 0.1) is 29.0 Å². The molecule has 3 heterocycles. The Morgan fingerprint density at radius 1 is 0.692 bits per heavy atom. The van der Waals surface area contributed by atoms with Gasteiger partial charge in [0, 0.05) is 44.4 Å². The van der Waals surface area contributed by atoms with Crippen molar-refractivity contribution in [2.75, 3.05) is 49.1 Å². The average Bonchev–Trinajstić information content (AvgIpc) is 3.16. The Balaban J connectivity index is 1.04. The van der Waals surface area contributed by atoms with Crippen LogP contribution in [0.3, 0.4) is 0 Å². The first-order valence-corrected chi connectivity index (χ1v) is 17.4. The van der Waals surface area contributed by atoms with Crippen molar-refractivity contribution in [2.24, 2.45) is 0 Å². The lowest BCUT2D eigenvalue weighted by Gasteiger charge is -2.47. The zero-order chi connectivity index (χ0) is 36.2. The molecule has 0 aliphatic carbocycles. The molecule has 1 aromatic heterocycles. The van der Waals surface area contributed by atoms with Crippen LogP contribution in [0.1, 0.15) is 17.5 Å². The fourth-order valence-corrected chi connectivity index (χ4v) is 6.99. The lowest BCUT2D eigenvalue weighted by atomic mass is 9.97. The van der Waals surface area contributed by atoms with Gasteiger partial charge in [0.25, 0.3) is 5.92 Å². The number of anilines is 2. The molecule has 0 radical (unpaired) electrons. The van der Waals surface area contributed by atoms with Gasteiger partial charge in [-0.25, -0.2) is 22.0 Å². The molecule has 1 atom stereocenters. The molecule has 0 amide bonds. The van der Waals surface area contributed by atoms with Crippen molar-refractivity contribution in [3.63, 3.8) is 0 Å². The fraction of sp³-hybridized carbons (Fsp3) is 0.275. The van der Waals surface area contributed by atoms with Crippen LogP contribution in [0.5, 0.6) is 11.8 Å². The maximum atomic E-state index is 15.8. The molecule has 2 aliphatic rings. The van der Waals surface area contributed by atoms with Gasteiger partial charge in [-0.15, -0.1) is 0 Å². The predicted molar refractivity (Wildman–Crippen MR) is 192 cm³/mol. The van der Waals surface area contributed by atoms with E-state index >= 15 is 13.2 Å². The number of aromatic nitrogens is 1. The molecule has 2 fully saturated rings. The van der Waals surface area contributed by atoms with E-state index in [-0.39, 0.29) is 68.0 Å². The summed E-state index contributed by atoms with van der Waals surface area (Å²) in [5.74, 6) is -5.39. The number of piperidine rings is 1. The van der Waals surface area contributed by atoms with E-state index in [0.29, 0.717) is 23.6 Å². The molecular formula is C40H36ClF5N4O2. The van der Waals surface area contributed by atoms with Crippen molar-refractivity contribution < 1.29 is 31.4 Å². The minimum Gasteiger partial charge on any atom is -0.473 e. The third kappa shape index (κ3) is 7.80. The molecule has 2 aliphatic heterocycles. The monoisotopic (exact) mass is 734 g/mol. The molecule has 270 valence electrons. The summed E-state index contributed by atoms with van der Waals surface area (Å²) >= 11 is 5.69. The first kappa shape index (κ1) is 35.5. The highest BCUT2D eigenvalue weighted by Crippen LogP contribution is 2.38. The van der Waals surface area contributed by atoms with Gasteiger partial charge >= 0.3 is 0 Å². The number of hydrogen-bond acceptors (Lipinski definition) is 6. The number of benzene rings is 4. The summed E-state index contributed by atoms with van der Waals surface area (Å²) in [6.45, 7) is 1.06. The zero-order valence-electron chi connectivity index (χ0n) is 28.1. The van der Waals surface area contributed by atoms with Crippen LogP contribution < -0.4 is 19.3 Å². The van der Waals surface area contributed by atoms with Crippen LogP contribution in [0.2, 0.25) is 5.02 Å². The Labute approximate surface area is 304 Å². The van der Waals surface area contributed by atoms with Crippen LogP contribution >= 0.6 is 11.6 Å². The number of rotatable bonds is 10. The highest BCUT2D eigenvalue weighted by atomic mass is 35.5. The third-order valence-electron chi connectivity index (χ3n) is 9.55. The standard InChI is InChI=1S/C40H36ClF5N4O2/c41-31-13-15-34(38(44)37(31)43)48-19-21-49(22-20-48)35-17-18-50(26-40(35,45)46)33-14-11-29(23-32(33)42)30-12-16-36(51-24-27-7-3-1-4-8-27)47-39(30)52-25-28-9-5-2-6-10-28/h1-16,23,35H,17-22,24-26H2. The number of ether oxygens (including phenoxy) is 2. The first-order chi connectivity index (χ1) is 25.2. The van der Waals surface area contributed by atoms with E-state index < -0.39 is 36.0 Å². The van der Waals surface area contributed by atoms with E-state index in [1.807, 2.05) is 60.7 Å². The molecule has 52 heavy (non-hydrogen) atoms. The van der Waals surface area contributed by atoms with Crippen molar-refractivity contribution in [3.8, 4) is 22.9 Å². The summed E-state index contributed by atoms with van der Waals surface area (Å²) in [5.41, 5.74) is 3.03. The third-order valence-corrected chi connectivity index (χ3v) is 9.85. The van der Waals surface area contributed by atoms with Crippen LogP contribution in [0.4, 0.5) is 33.3 Å². The van der Waals surface area contributed by atoms with Crippen LogP contribution in [-0.4, -0.2) is 61.1 Å². The summed E-state index contributed by atoms with van der Waals surface area (Å²) in [5, 5.41) is -0.314. The van der Waals surface area contributed by atoms with Crippen LogP contribution in [0.15, 0.2) is 103 Å². The molecular weight excluding hydrogens is 699 g/mol. The predicted octanol–water partition coefficient (Wildman–Crippen LogP) is 9.01. The highest BCUT2D eigenvalue weighted by molar-refractivity contribution is 6.30. The Bertz CT molecular complexity index is 2000. The van der Waals surface area contributed by atoms with Gasteiger partial charge in [0.2, 0.25) is 11.8 Å². The molecule has 0 spiro atoms. The zero-order valence-corrected chi connectivity index (χ0v) is 28.9. The van der Waals surface area contributed by atoms with Crippen LogP contribution in [0, 0.1) is 17.5 Å². The van der Waals surface area contributed by atoms with Crippen LogP contribution in [-0.2, 0) is 13.2 Å². The second-order valence-corrected chi connectivity index (χ2v) is 13.3. The SMILES string of the molecule is Fc1cc(-c2ccc(OCc3ccccc3)nc2OCc2ccccc2)ccc1N1CCC(N2CCN(c3ccc(Cl)c(F)c3F)CC2)C(F)(F)C1. The molecule has 1 unspecified atom stereocenters. The van der Waals surface area contributed by atoms with Crippen molar-refractivity contribution in [1.82, 2.24) is 9.88 Å². The van der Waals surface area contributed by atoms with Gasteiger partial charge in [-0.3, -0.25) is 4.90 Å². The van der Waals surface area contributed by atoms with E-state index in [4.69, 9.17) is 21.1 Å². The van der Waals surface area contributed by atoms with E-state index in [1.165, 1.54) is 29.2 Å². The first-order valence-electron chi connectivity index (χ1n) is 17.1. The van der Waals surface area contributed by atoms with Crippen molar-refractivity contribution in [3.05, 3.63) is 137 Å². The Hall–Kier alpha value is -4.87. The number of pyridine rings is 1. The van der Waals surface area contributed by atoms with Gasteiger partial charge in [-0.1, -0.05) is 78.3 Å². The lowest BCUT2D eigenvalue weighted by molar-refractivity contribution is -0.0892. The Kier molecular flexibility index (Phi) is 10.5. The van der Waals surface area contributed by atoms with E-state index in [2.05, 4.69) is 4.98 Å². The lowest BCUT2D eigenvalue weighted by Crippen LogP contribution is -2.62. The van der Waals surface area contributed by atoms with Gasteiger partial charge in [0.15, 0.2) is 11.6 Å². The molecule has 12 heteroatoms. The highest BCUT2D eigenvalue weighted by Gasteiger charge is 2.48. The maximum absolute atomic E-state index is 15.8. The summed E-state index contributed by atoms with van der Waals surface area (Å²) in [7, 11) is 0. The second kappa shape index (κ2) is 15.4. The molecule has 6 nitrogen and oxygen atoms in total. The summed E-state index contributed by atoms with van der Waals surface area (Å²) < 4.78 is 87.9. The number of hydrogen-bond donors (Lipinski definition) is 0. The number of alkyl halides is 2. The molecule has 0 saturated carbocycles. The van der Waals surface area contributed by atoms with Crippen molar-refractivity contribution in [1.29, 1.82) is 0 Å². The fourth-order valence-electron chi connectivity index (χ4n) is 6.84. The molecule has 5 aromatic rings. The largest absolute Gasteiger partial charge is 0.473 e. The normalized spacial score (nSPS) is 17.6. The van der Waals surface area contributed by atoms with Crippen molar-refractivity contribution in [2.45, 2.75) is 31.6 Å². The summed E-state index contributed by atoms with van der Waals surface area (Å²) in [4.78, 5) is 9.30. The van der Waals surface area contributed by atoms with E-state index in [0.717, 1.165) is 11.1 Å².